The van der Waals surface area contributed by atoms with Gasteiger partial charge in [-0.3, -0.25) is 4.31 Å². The van der Waals surface area contributed by atoms with E-state index in [2.05, 4.69) is 0 Å². The summed E-state index contributed by atoms with van der Waals surface area (Å²) in [5.74, 6) is -0.543. The number of esters is 1. The predicted molar refractivity (Wildman–Crippen MR) is 129 cm³/mol. The van der Waals surface area contributed by atoms with Gasteiger partial charge in [0.05, 0.1) is 22.8 Å². The van der Waals surface area contributed by atoms with Crippen molar-refractivity contribution in [1.82, 2.24) is 4.31 Å². The molecule has 168 valence electrons. The second-order valence-corrected chi connectivity index (χ2v) is 9.50. The number of carbonyl (C=O) groups is 1. The zero-order chi connectivity index (χ0) is 23.4. The molecule has 33 heavy (non-hydrogen) atoms. The second-order valence-electron chi connectivity index (χ2n) is 7.69. The van der Waals surface area contributed by atoms with E-state index in [0.29, 0.717) is 11.3 Å². The van der Waals surface area contributed by atoms with Crippen molar-refractivity contribution in [3.8, 4) is 0 Å². The minimum absolute atomic E-state index is 0.154. The van der Waals surface area contributed by atoms with Crippen molar-refractivity contribution in [3.63, 3.8) is 0 Å². The predicted octanol–water partition coefficient (Wildman–Crippen LogP) is 5.27. The SMILES string of the molecule is CCOC(=O)C1=CC=C(c2ccccc2)N(S(=O)(=O)c2ccc(C)cc2)[C@@H]1c1ccccc1. The number of aryl methyl sites for hydroxylation is 1. The van der Waals surface area contributed by atoms with Crippen molar-refractivity contribution >= 4 is 21.7 Å². The molecule has 0 aromatic heterocycles. The second kappa shape index (κ2) is 9.46. The molecule has 0 N–H and O–H groups in total. The van der Waals surface area contributed by atoms with Gasteiger partial charge < -0.3 is 4.74 Å². The number of hydrogen-bond acceptors (Lipinski definition) is 4. The van der Waals surface area contributed by atoms with E-state index in [4.69, 9.17) is 4.74 Å². The largest absolute Gasteiger partial charge is 0.463 e. The van der Waals surface area contributed by atoms with E-state index < -0.39 is 22.0 Å². The summed E-state index contributed by atoms with van der Waals surface area (Å²) >= 11 is 0. The lowest BCUT2D eigenvalue weighted by molar-refractivity contribution is -0.139. The van der Waals surface area contributed by atoms with Crippen molar-refractivity contribution in [3.05, 3.63) is 119 Å². The Morgan fingerprint density at radius 2 is 1.48 bits per heavy atom. The summed E-state index contributed by atoms with van der Waals surface area (Å²) in [7, 11) is -4.04. The summed E-state index contributed by atoms with van der Waals surface area (Å²) in [6, 6.07) is 24.3. The van der Waals surface area contributed by atoms with Crippen LogP contribution in [0.4, 0.5) is 0 Å². The molecule has 6 heteroatoms. The fourth-order valence-corrected chi connectivity index (χ4v) is 5.51. The first-order chi connectivity index (χ1) is 15.9. The number of nitrogens with zero attached hydrogens (tertiary/aromatic N) is 1. The minimum atomic E-state index is -4.04. The van der Waals surface area contributed by atoms with Crippen LogP contribution in [0.5, 0.6) is 0 Å². The Kier molecular flexibility index (Phi) is 6.47. The molecular weight excluding hydrogens is 434 g/mol. The van der Waals surface area contributed by atoms with Gasteiger partial charge in [-0.2, -0.15) is 0 Å². The highest BCUT2D eigenvalue weighted by Crippen LogP contribution is 2.43. The fourth-order valence-electron chi connectivity index (χ4n) is 3.87. The maximum atomic E-state index is 14.1. The molecule has 0 aliphatic carbocycles. The highest BCUT2D eigenvalue weighted by molar-refractivity contribution is 7.89. The third kappa shape index (κ3) is 4.47. The molecule has 0 radical (unpaired) electrons. The summed E-state index contributed by atoms with van der Waals surface area (Å²) in [5.41, 5.74) is 3.11. The molecule has 5 nitrogen and oxygen atoms in total. The summed E-state index contributed by atoms with van der Waals surface area (Å²) < 4.78 is 34.8. The number of ether oxygens (including phenoxy) is 1. The van der Waals surface area contributed by atoms with E-state index in [1.54, 1.807) is 43.3 Å². The highest BCUT2D eigenvalue weighted by Gasteiger charge is 2.41. The van der Waals surface area contributed by atoms with E-state index in [1.165, 1.54) is 4.31 Å². The molecule has 0 unspecified atom stereocenters. The summed E-state index contributed by atoms with van der Waals surface area (Å²) in [6.45, 7) is 3.82. The van der Waals surface area contributed by atoms with Crippen LogP contribution in [0.3, 0.4) is 0 Å². The van der Waals surface area contributed by atoms with Crippen molar-refractivity contribution in [2.45, 2.75) is 24.8 Å². The van der Waals surface area contributed by atoms with Crippen LogP contribution in [-0.2, 0) is 19.6 Å². The molecular formula is C27H25NO4S. The summed E-state index contributed by atoms with van der Waals surface area (Å²) in [4.78, 5) is 13.1. The molecule has 1 aliphatic rings. The van der Waals surface area contributed by atoms with Crippen molar-refractivity contribution in [2.24, 2.45) is 0 Å². The van der Waals surface area contributed by atoms with Crippen LogP contribution < -0.4 is 0 Å². The van der Waals surface area contributed by atoms with E-state index in [1.807, 2.05) is 67.6 Å². The number of rotatable bonds is 6. The molecule has 0 bridgehead atoms. The van der Waals surface area contributed by atoms with Gasteiger partial charge in [0.25, 0.3) is 10.0 Å². The third-order valence-electron chi connectivity index (χ3n) is 5.46. The first-order valence-electron chi connectivity index (χ1n) is 10.7. The average Bonchev–Trinajstić information content (AvgIpc) is 2.84. The van der Waals surface area contributed by atoms with E-state index in [0.717, 1.165) is 11.1 Å². The Morgan fingerprint density at radius 3 is 2.09 bits per heavy atom. The van der Waals surface area contributed by atoms with Crippen LogP contribution in [0.1, 0.15) is 29.7 Å². The van der Waals surface area contributed by atoms with Gasteiger partial charge in [0.1, 0.15) is 6.04 Å². The van der Waals surface area contributed by atoms with Crippen molar-refractivity contribution < 1.29 is 17.9 Å². The Bertz CT molecular complexity index is 1300. The van der Waals surface area contributed by atoms with E-state index in [-0.39, 0.29) is 17.1 Å². The van der Waals surface area contributed by atoms with Gasteiger partial charge in [0, 0.05) is 0 Å². The van der Waals surface area contributed by atoms with Gasteiger partial charge in [-0.1, -0.05) is 78.4 Å². The van der Waals surface area contributed by atoms with Gasteiger partial charge in [-0.15, -0.1) is 0 Å². The van der Waals surface area contributed by atoms with Gasteiger partial charge in [-0.05, 0) is 49.3 Å². The molecule has 3 aromatic carbocycles. The summed E-state index contributed by atoms with van der Waals surface area (Å²) in [5, 5.41) is 0. The molecule has 1 heterocycles. The van der Waals surface area contributed by atoms with E-state index >= 15 is 0 Å². The number of hydrogen-bond donors (Lipinski definition) is 0. The fraction of sp³-hybridized carbons (Fsp3) is 0.148. The van der Waals surface area contributed by atoms with E-state index in [9.17, 15) is 13.2 Å². The molecule has 0 fully saturated rings. The van der Waals surface area contributed by atoms with Crippen LogP contribution in [0.2, 0.25) is 0 Å². The highest BCUT2D eigenvalue weighted by atomic mass is 32.2. The maximum Gasteiger partial charge on any atom is 0.336 e. The first-order valence-corrected chi connectivity index (χ1v) is 12.2. The standard InChI is InChI=1S/C27H25NO4S/c1-3-32-27(29)24-18-19-25(21-10-6-4-7-11-21)28(26(24)22-12-8-5-9-13-22)33(30,31)23-16-14-20(2)15-17-23/h4-19,26H,3H2,1-2H3/t26-/m1/s1. The molecule has 0 saturated heterocycles. The van der Waals surface area contributed by atoms with Crippen molar-refractivity contribution in [1.29, 1.82) is 0 Å². The normalized spacial score (nSPS) is 16.1. The van der Waals surface area contributed by atoms with Gasteiger partial charge >= 0.3 is 5.97 Å². The monoisotopic (exact) mass is 459 g/mol. The number of carbonyl (C=O) groups excluding carboxylic acids is 1. The average molecular weight is 460 g/mol. The Hall–Kier alpha value is -3.64. The van der Waals surface area contributed by atoms with Crippen LogP contribution in [-0.4, -0.2) is 25.3 Å². The molecule has 0 amide bonds. The van der Waals surface area contributed by atoms with Crippen LogP contribution in [0.15, 0.2) is 108 Å². The van der Waals surface area contributed by atoms with Crippen LogP contribution in [0.25, 0.3) is 5.70 Å². The van der Waals surface area contributed by atoms with Crippen LogP contribution in [0, 0.1) is 6.92 Å². The van der Waals surface area contributed by atoms with Gasteiger partial charge in [-0.25, -0.2) is 13.2 Å². The maximum absolute atomic E-state index is 14.1. The first kappa shape index (κ1) is 22.6. The smallest absolute Gasteiger partial charge is 0.336 e. The van der Waals surface area contributed by atoms with Crippen LogP contribution >= 0.6 is 0 Å². The lowest BCUT2D eigenvalue weighted by Crippen LogP contribution is -2.38. The molecule has 4 rings (SSSR count). The third-order valence-corrected chi connectivity index (χ3v) is 7.25. The number of benzene rings is 3. The minimum Gasteiger partial charge on any atom is -0.463 e. The van der Waals surface area contributed by atoms with Gasteiger partial charge in [0.15, 0.2) is 0 Å². The van der Waals surface area contributed by atoms with Crippen molar-refractivity contribution in [2.75, 3.05) is 6.61 Å². The number of sulfonamides is 1. The zero-order valence-electron chi connectivity index (χ0n) is 18.5. The molecule has 0 spiro atoms. The Labute approximate surface area is 194 Å². The Balaban J connectivity index is 1.98. The molecule has 0 saturated carbocycles. The van der Waals surface area contributed by atoms with Gasteiger partial charge in [0.2, 0.25) is 0 Å². The molecule has 1 aliphatic heterocycles. The number of allylic oxidation sites excluding steroid dienone is 2. The molecule has 3 aromatic rings. The topological polar surface area (TPSA) is 63.7 Å². The zero-order valence-corrected chi connectivity index (χ0v) is 19.3. The molecule has 1 atom stereocenters. The summed E-state index contributed by atoms with van der Waals surface area (Å²) in [6.07, 6.45) is 3.34. The quantitative estimate of drug-likeness (QED) is 0.471. The lowest BCUT2D eigenvalue weighted by Gasteiger charge is -2.37. The Morgan fingerprint density at radius 1 is 0.879 bits per heavy atom. The lowest BCUT2D eigenvalue weighted by atomic mass is 9.94.